The smallest absolute Gasteiger partial charge is 0.231 e. The Kier molecular flexibility index (Phi) is 8.87. The van der Waals surface area contributed by atoms with Gasteiger partial charge in [-0.15, -0.1) is 0 Å². The fourth-order valence-corrected chi connectivity index (χ4v) is 5.47. The van der Waals surface area contributed by atoms with Crippen molar-refractivity contribution in [2.24, 2.45) is 5.73 Å². The van der Waals surface area contributed by atoms with Crippen molar-refractivity contribution in [3.63, 3.8) is 0 Å². The van der Waals surface area contributed by atoms with Crippen molar-refractivity contribution in [2.45, 2.75) is 32.6 Å². The Hall–Kier alpha value is -3.49. The van der Waals surface area contributed by atoms with Crippen molar-refractivity contribution in [1.82, 2.24) is 14.8 Å². The normalized spacial score (nSPS) is 14.3. The first-order valence-corrected chi connectivity index (χ1v) is 13.3. The van der Waals surface area contributed by atoms with E-state index in [0.29, 0.717) is 60.7 Å². The average molecular weight is 571 g/mol. The molecule has 0 spiro atoms. The van der Waals surface area contributed by atoms with E-state index in [9.17, 15) is 18.8 Å². The Morgan fingerprint density at radius 2 is 1.64 bits per heavy atom. The van der Waals surface area contributed by atoms with Gasteiger partial charge in [-0.2, -0.15) is 0 Å². The zero-order valence-electron chi connectivity index (χ0n) is 21.7. The third-order valence-electron chi connectivity index (χ3n) is 6.94. The molecule has 39 heavy (non-hydrogen) atoms. The lowest BCUT2D eigenvalue weighted by atomic mass is 9.91. The monoisotopic (exact) mass is 570 g/mol. The number of hydrogen-bond donors (Lipinski definition) is 1. The first-order chi connectivity index (χ1) is 18.5. The molecule has 1 aliphatic rings. The first-order valence-electron chi connectivity index (χ1n) is 12.6. The molecular formula is C29H29Cl2FN4O3. The van der Waals surface area contributed by atoms with Crippen molar-refractivity contribution >= 4 is 40.9 Å². The molecule has 1 aliphatic heterocycles. The molecule has 0 saturated carbocycles. The molecule has 1 fully saturated rings. The summed E-state index contributed by atoms with van der Waals surface area (Å²) in [5.74, 6) is -2.13. The van der Waals surface area contributed by atoms with Crippen LogP contribution in [-0.4, -0.2) is 58.7 Å². The molecule has 2 aromatic carbocycles. The Labute approximate surface area is 236 Å². The van der Waals surface area contributed by atoms with Crippen LogP contribution in [0.15, 0.2) is 48.5 Å². The number of aryl methyl sites for hydroxylation is 2. The highest BCUT2D eigenvalue weighted by Crippen LogP contribution is 2.36. The second kappa shape index (κ2) is 12.1. The third kappa shape index (κ3) is 6.57. The maximum absolute atomic E-state index is 13.8. The van der Waals surface area contributed by atoms with Crippen LogP contribution in [0.2, 0.25) is 10.0 Å². The van der Waals surface area contributed by atoms with Gasteiger partial charge in [0, 0.05) is 60.7 Å². The lowest BCUT2D eigenvalue weighted by Crippen LogP contribution is -2.50. The zero-order valence-corrected chi connectivity index (χ0v) is 23.2. The van der Waals surface area contributed by atoms with Gasteiger partial charge in [0.1, 0.15) is 11.7 Å². The van der Waals surface area contributed by atoms with E-state index < -0.39 is 11.8 Å². The quantitative estimate of drug-likeness (QED) is 0.443. The highest BCUT2D eigenvalue weighted by Gasteiger charge is 2.28. The van der Waals surface area contributed by atoms with Crippen molar-refractivity contribution in [3.8, 4) is 11.3 Å². The standard InChI is InChI=1S/C29H29Cl2FN4O3/c1-17-14-20(32)7-8-21(17)24-15-19(6-9-26(38)36-12-10-35(11-13-36)18(2)37)16-25(34-24)28(29(33)39)27-22(30)4-3-5-23(27)31/h3-5,7-8,14-16,28H,6,9-13H2,1-2H3,(H2,33,39). The first kappa shape index (κ1) is 28.5. The summed E-state index contributed by atoms with van der Waals surface area (Å²) in [6, 6.07) is 12.9. The van der Waals surface area contributed by atoms with Gasteiger partial charge in [-0.1, -0.05) is 29.3 Å². The molecule has 7 nitrogen and oxygen atoms in total. The summed E-state index contributed by atoms with van der Waals surface area (Å²) in [5.41, 5.74) is 9.13. The van der Waals surface area contributed by atoms with Gasteiger partial charge in [0.05, 0.1) is 11.4 Å². The number of carbonyl (C=O) groups is 3. The number of amides is 3. The molecule has 4 rings (SSSR count). The van der Waals surface area contributed by atoms with Crippen molar-refractivity contribution < 1.29 is 18.8 Å². The maximum Gasteiger partial charge on any atom is 0.231 e. The molecule has 3 amide bonds. The number of hydrogen-bond acceptors (Lipinski definition) is 4. The number of rotatable bonds is 7. The van der Waals surface area contributed by atoms with Crippen LogP contribution in [0, 0.1) is 12.7 Å². The largest absolute Gasteiger partial charge is 0.369 e. The second-order valence-electron chi connectivity index (χ2n) is 9.60. The third-order valence-corrected chi connectivity index (χ3v) is 7.60. The predicted molar refractivity (Wildman–Crippen MR) is 149 cm³/mol. The van der Waals surface area contributed by atoms with Crippen molar-refractivity contribution in [2.75, 3.05) is 26.2 Å². The van der Waals surface area contributed by atoms with Crippen LogP contribution in [0.5, 0.6) is 0 Å². The predicted octanol–water partition coefficient (Wildman–Crippen LogP) is 4.74. The number of primary amides is 1. The summed E-state index contributed by atoms with van der Waals surface area (Å²) in [7, 11) is 0. The summed E-state index contributed by atoms with van der Waals surface area (Å²) >= 11 is 12.9. The summed E-state index contributed by atoms with van der Waals surface area (Å²) in [5, 5.41) is 0.552. The van der Waals surface area contributed by atoms with Crippen molar-refractivity contribution in [1.29, 1.82) is 0 Å². The van der Waals surface area contributed by atoms with E-state index in [-0.39, 0.29) is 34.1 Å². The van der Waals surface area contributed by atoms with Crippen LogP contribution in [0.25, 0.3) is 11.3 Å². The van der Waals surface area contributed by atoms with Gasteiger partial charge in [0.25, 0.3) is 0 Å². The molecule has 0 radical (unpaired) electrons. The Balaban J connectivity index is 1.69. The number of halogens is 3. The summed E-state index contributed by atoms with van der Waals surface area (Å²) in [6.45, 7) is 5.27. The summed E-state index contributed by atoms with van der Waals surface area (Å²) in [6.07, 6.45) is 0.593. The molecule has 204 valence electrons. The van der Waals surface area contributed by atoms with E-state index in [1.165, 1.54) is 19.1 Å². The maximum atomic E-state index is 13.8. The van der Waals surface area contributed by atoms with Crippen LogP contribution in [0.4, 0.5) is 4.39 Å². The number of benzene rings is 2. The molecule has 1 aromatic heterocycles. The number of pyridine rings is 1. The lowest BCUT2D eigenvalue weighted by molar-refractivity contribution is -0.138. The molecule has 3 aromatic rings. The minimum Gasteiger partial charge on any atom is -0.369 e. The number of nitrogens with two attached hydrogens (primary N) is 1. The van der Waals surface area contributed by atoms with Crippen LogP contribution in [0.1, 0.15) is 41.6 Å². The number of piperazine rings is 1. The molecule has 2 N–H and O–H groups in total. The fourth-order valence-electron chi connectivity index (χ4n) is 4.86. The van der Waals surface area contributed by atoms with Gasteiger partial charge in [0.15, 0.2) is 0 Å². The molecule has 1 atom stereocenters. The van der Waals surface area contributed by atoms with E-state index >= 15 is 0 Å². The molecule has 2 heterocycles. The number of nitrogens with zero attached hydrogens (tertiary/aromatic N) is 3. The van der Waals surface area contributed by atoms with Gasteiger partial charge in [-0.25, -0.2) is 4.39 Å². The van der Waals surface area contributed by atoms with Crippen LogP contribution >= 0.6 is 23.2 Å². The minimum atomic E-state index is -1.04. The van der Waals surface area contributed by atoms with Gasteiger partial charge in [0.2, 0.25) is 17.7 Å². The topological polar surface area (TPSA) is 96.6 Å². The molecule has 0 bridgehead atoms. The molecular weight excluding hydrogens is 542 g/mol. The summed E-state index contributed by atoms with van der Waals surface area (Å²) < 4.78 is 13.8. The van der Waals surface area contributed by atoms with E-state index in [2.05, 4.69) is 0 Å². The van der Waals surface area contributed by atoms with Crippen molar-refractivity contribution in [3.05, 3.63) is 86.8 Å². The molecule has 1 saturated heterocycles. The van der Waals surface area contributed by atoms with E-state index in [0.717, 1.165) is 5.56 Å². The zero-order chi connectivity index (χ0) is 28.3. The van der Waals surface area contributed by atoms with Gasteiger partial charge < -0.3 is 15.5 Å². The Bertz CT molecular complexity index is 1400. The molecule has 0 aliphatic carbocycles. The van der Waals surface area contributed by atoms with Gasteiger partial charge in [-0.05, 0) is 66.9 Å². The number of aromatic nitrogens is 1. The summed E-state index contributed by atoms with van der Waals surface area (Å²) in [4.78, 5) is 45.6. The van der Waals surface area contributed by atoms with E-state index in [4.69, 9.17) is 33.9 Å². The Morgan fingerprint density at radius 1 is 1.00 bits per heavy atom. The minimum absolute atomic E-state index is 0.00217. The van der Waals surface area contributed by atoms with Crippen LogP contribution < -0.4 is 5.73 Å². The van der Waals surface area contributed by atoms with Gasteiger partial charge >= 0.3 is 0 Å². The highest BCUT2D eigenvalue weighted by molar-refractivity contribution is 6.36. The Morgan fingerprint density at radius 3 is 2.23 bits per heavy atom. The highest BCUT2D eigenvalue weighted by atomic mass is 35.5. The number of carbonyl (C=O) groups excluding carboxylic acids is 3. The lowest BCUT2D eigenvalue weighted by Gasteiger charge is -2.34. The second-order valence-corrected chi connectivity index (χ2v) is 10.4. The van der Waals surface area contributed by atoms with Crippen LogP contribution in [-0.2, 0) is 20.8 Å². The van der Waals surface area contributed by atoms with Crippen LogP contribution in [0.3, 0.4) is 0 Å². The van der Waals surface area contributed by atoms with E-state index in [1.807, 2.05) is 6.07 Å². The fraction of sp³-hybridized carbons (Fsp3) is 0.310. The van der Waals surface area contributed by atoms with Gasteiger partial charge in [-0.3, -0.25) is 19.4 Å². The SMILES string of the molecule is CC(=O)N1CCN(C(=O)CCc2cc(-c3ccc(F)cc3C)nc(C(C(N)=O)c3c(Cl)cccc3Cl)c2)CC1. The molecule has 10 heteroatoms. The molecule has 1 unspecified atom stereocenters. The average Bonchev–Trinajstić information content (AvgIpc) is 2.89. The van der Waals surface area contributed by atoms with E-state index in [1.54, 1.807) is 47.1 Å².